The number of nitrogens with one attached hydrogen (secondary N) is 1. The van der Waals surface area contributed by atoms with E-state index in [2.05, 4.69) is 42.3 Å². The summed E-state index contributed by atoms with van der Waals surface area (Å²) in [4.78, 5) is 14.3. The Labute approximate surface area is 150 Å². The van der Waals surface area contributed by atoms with Gasteiger partial charge in [0.2, 0.25) is 5.91 Å². The van der Waals surface area contributed by atoms with Crippen molar-refractivity contribution in [2.24, 2.45) is 0 Å². The Bertz CT molecular complexity index is 556. The molecule has 2 aliphatic rings. The summed E-state index contributed by atoms with van der Waals surface area (Å²) < 4.78 is 11.8. The van der Waals surface area contributed by atoms with Crippen LogP contribution < -0.4 is 10.1 Å². The molecular formula is C20H30N2O3. The fourth-order valence-corrected chi connectivity index (χ4v) is 3.63. The Balaban J connectivity index is 1.38. The Morgan fingerprint density at radius 3 is 2.60 bits per heavy atom. The van der Waals surface area contributed by atoms with E-state index in [0.717, 1.165) is 51.1 Å². The van der Waals surface area contributed by atoms with E-state index in [1.807, 2.05) is 0 Å². The normalized spacial score (nSPS) is 22.1. The fourth-order valence-electron chi connectivity index (χ4n) is 3.63. The van der Waals surface area contributed by atoms with E-state index in [1.165, 1.54) is 11.1 Å². The van der Waals surface area contributed by atoms with Gasteiger partial charge in [-0.15, -0.1) is 0 Å². The topological polar surface area (TPSA) is 50.8 Å². The lowest BCUT2D eigenvalue weighted by molar-refractivity contribution is -0.123. The predicted molar refractivity (Wildman–Crippen MR) is 98.0 cm³/mol. The third kappa shape index (κ3) is 5.19. The average molecular weight is 346 g/mol. The number of aryl methyl sites for hydroxylation is 2. The van der Waals surface area contributed by atoms with Crippen LogP contribution >= 0.6 is 0 Å². The summed E-state index contributed by atoms with van der Waals surface area (Å²) in [6, 6.07) is 6.25. The zero-order valence-corrected chi connectivity index (χ0v) is 15.4. The Morgan fingerprint density at radius 1 is 1.24 bits per heavy atom. The molecule has 2 heterocycles. The van der Waals surface area contributed by atoms with Crippen molar-refractivity contribution in [3.8, 4) is 5.75 Å². The second-order valence-electron chi connectivity index (χ2n) is 7.25. The number of carbonyl (C=O) groups excluding carboxylic acids is 1. The first-order valence-corrected chi connectivity index (χ1v) is 9.45. The molecule has 0 aliphatic carbocycles. The summed E-state index contributed by atoms with van der Waals surface area (Å²) >= 11 is 0. The maximum atomic E-state index is 12.1. The molecular weight excluding hydrogens is 316 g/mol. The molecule has 1 amide bonds. The largest absolute Gasteiger partial charge is 0.490 e. The highest BCUT2D eigenvalue weighted by Crippen LogP contribution is 2.26. The summed E-state index contributed by atoms with van der Waals surface area (Å²) in [5.74, 6) is 1.12. The molecule has 2 fully saturated rings. The third-order valence-electron chi connectivity index (χ3n) is 5.15. The maximum absolute atomic E-state index is 12.1. The first kappa shape index (κ1) is 18.2. The van der Waals surface area contributed by atoms with Crippen molar-refractivity contribution >= 4 is 5.91 Å². The number of ether oxygens (including phenoxy) is 2. The summed E-state index contributed by atoms with van der Waals surface area (Å²) in [7, 11) is 0. The Morgan fingerprint density at radius 2 is 1.96 bits per heavy atom. The highest BCUT2D eigenvalue weighted by atomic mass is 16.5. The van der Waals surface area contributed by atoms with Gasteiger partial charge in [0.05, 0.1) is 12.6 Å². The number of amides is 1. The van der Waals surface area contributed by atoms with E-state index in [0.29, 0.717) is 13.1 Å². The second-order valence-corrected chi connectivity index (χ2v) is 7.25. The van der Waals surface area contributed by atoms with Crippen LogP contribution in [0.1, 0.15) is 36.8 Å². The molecule has 25 heavy (non-hydrogen) atoms. The molecule has 1 N–H and O–H groups in total. The van der Waals surface area contributed by atoms with Gasteiger partial charge in [0.25, 0.3) is 0 Å². The van der Waals surface area contributed by atoms with Gasteiger partial charge in [-0.25, -0.2) is 0 Å². The van der Waals surface area contributed by atoms with Gasteiger partial charge < -0.3 is 14.8 Å². The van der Waals surface area contributed by atoms with Crippen LogP contribution in [-0.4, -0.2) is 55.8 Å². The van der Waals surface area contributed by atoms with Crippen LogP contribution in [0.4, 0.5) is 0 Å². The predicted octanol–water partition coefficient (Wildman–Crippen LogP) is 2.44. The Kier molecular flexibility index (Phi) is 6.32. The number of hydrogen-bond donors (Lipinski definition) is 1. The van der Waals surface area contributed by atoms with Crippen LogP contribution in [0.5, 0.6) is 5.75 Å². The highest BCUT2D eigenvalue weighted by molar-refractivity contribution is 5.78. The molecule has 1 aromatic rings. The molecule has 2 aliphatic heterocycles. The third-order valence-corrected chi connectivity index (χ3v) is 5.15. The SMILES string of the molecule is Cc1cccc(C)c1OC1CCN(CC(=O)NCC2CCCO2)CC1. The van der Waals surface area contributed by atoms with E-state index >= 15 is 0 Å². The van der Waals surface area contributed by atoms with E-state index in [-0.39, 0.29) is 18.1 Å². The van der Waals surface area contributed by atoms with Crippen LogP contribution in [0.2, 0.25) is 0 Å². The quantitative estimate of drug-likeness (QED) is 0.860. The van der Waals surface area contributed by atoms with Crippen LogP contribution in [-0.2, 0) is 9.53 Å². The maximum Gasteiger partial charge on any atom is 0.234 e. The van der Waals surface area contributed by atoms with Crippen molar-refractivity contribution in [2.75, 3.05) is 32.8 Å². The van der Waals surface area contributed by atoms with Gasteiger partial charge in [-0.3, -0.25) is 9.69 Å². The first-order valence-electron chi connectivity index (χ1n) is 9.45. The number of likely N-dealkylation sites (tertiary alicyclic amines) is 1. The van der Waals surface area contributed by atoms with Crippen molar-refractivity contribution in [1.29, 1.82) is 0 Å². The first-order chi connectivity index (χ1) is 12.1. The number of rotatable bonds is 6. The molecule has 0 spiro atoms. The Hall–Kier alpha value is -1.59. The van der Waals surface area contributed by atoms with Crippen LogP contribution in [0.3, 0.4) is 0 Å². The molecule has 0 aromatic heterocycles. The average Bonchev–Trinajstić information content (AvgIpc) is 3.12. The zero-order chi connectivity index (χ0) is 17.6. The number of nitrogens with zero attached hydrogens (tertiary/aromatic N) is 1. The molecule has 138 valence electrons. The minimum absolute atomic E-state index is 0.101. The van der Waals surface area contributed by atoms with Gasteiger partial charge in [0.15, 0.2) is 0 Å². The van der Waals surface area contributed by atoms with E-state index in [9.17, 15) is 4.79 Å². The molecule has 5 heteroatoms. The number of piperidine rings is 1. The molecule has 0 bridgehead atoms. The van der Waals surface area contributed by atoms with Crippen LogP contribution in [0, 0.1) is 13.8 Å². The van der Waals surface area contributed by atoms with Crippen LogP contribution in [0.25, 0.3) is 0 Å². The van der Waals surface area contributed by atoms with Gasteiger partial charge in [-0.2, -0.15) is 0 Å². The van der Waals surface area contributed by atoms with E-state index in [1.54, 1.807) is 0 Å². The van der Waals surface area contributed by atoms with Gasteiger partial charge >= 0.3 is 0 Å². The summed E-state index contributed by atoms with van der Waals surface area (Å²) in [6.07, 6.45) is 4.54. The molecule has 1 atom stereocenters. The number of hydrogen-bond acceptors (Lipinski definition) is 4. The molecule has 3 rings (SSSR count). The number of para-hydroxylation sites is 1. The van der Waals surface area contributed by atoms with Crippen molar-refractivity contribution < 1.29 is 14.3 Å². The van der Waals surface area contributed by atoms with E-state index < -0.39 is 0 Å². The molecule has 5 nitrogen and oxygen atoms in total. The van der Waals surface area contributed by atoms with Gasteiger partial charge in [-0.1, -0.05) is 18.2 Å². The van der Waals surface area contributed by atoms with Crippen molar-refractivity contribution in [2.45, 2.75) is 51.7 Å². The molecule has 0 radical (unpaired) electrons. The molecule has 1 unspecified atom stereocenters. The second kappa shape index (κ2) is 8.68. The van der Waals surface area contributed by atoms with Crippen molar-refractivity contribution in [3.05, 3.63) is 29.3 Å². The lowest BCUT2D eigenvalue weighted by Crippen LogP contribution is -2.45. The number of carbonyl (C=O) groups is 1. The summed E-state index contributed by atoms with van der Waals surface area (Å²) in [6.45, 7) is 7.94. The van der Waals surface area contributed by atoms with E-state index in [4.69, 9.17) is 9.47 Å². The summed E-state index contributed by atoms with van der Waals surface area (Å²) in [5.41, 5.74) is 2.38. The molecule has 1 aromatic carbocycles. The smallest absolute Gasteiger partial charge is 0.234 e. The van der Waals surface area contributed by atoms with Gasteiger partial charge in [0, 0.05) is 26.2 Å². The van der Waals surface area contributed by atoms with Gasteiger partial charge in [0.1, 0.15) is 11.9 Å². The standard InChI is InChI=1S/C20H30N2O3/c1-15-5-3-6-16(2)20(15)25-17-8-10-22(11-9-17)14-19(23)21-13-18-7-4-12-24-18/h3,5-6,17-18H,4,7-14H2,1-2H3,(H,21,23). The zero-order valence-electron chi connectivity index (χ0n) is 15.4. The van der Waals surface area contributed by atoms with Crippen molar-refractivity contribution in [1.82, 2.24) is 10.2 Å². The lowest BCUT2D eigenvalue weighted by atomic mass is 10.1. The number of benzene rings is 1. The fraction of sp³-hybridized carbons (Fsp3) is 0.650. The minimum atomic E-state index is 0.101. The molecule has 2 saturated heterocycles. The highest BCUT2D eigenvalue weighted by Gasteiger charge is 2.23. The summed E-state index contributed by atoms with van der Waals surface area (Å²) in [5, 5.41) is 3.00. The molecule has 0 saturated carbocycles. The lowest BCUT2D eigenvalue weighted by Gasteiger charge is -2.32. The monoisotopic (exact) mass is 346 g/mol. The van der Waals surface area contributed by atoms with Gasteiger partial charge in [-0.05, 0) is 50.7 Å². The minimum Gasteiger partial charge on any atom is -0.490 e. The van der Waals surface area contributed by atoms with Crippen LogP contribution in [0.15, 0.2) is 18.2 Å². The van der Waals surface area contributed by atoms with Crippen molar-refractivity contribution in [3.63, 3.8) is 0 Å².